The summed E-state index contributed by atoms with van der Waals surface area (Å²) in [5.41, 5.74) is 0. The molecule has 0 amide bonds. The van der Waals surface area contributed by atoms with Crippen LogP contribution in [0.4, 0.5) is 0 Å². The first-order valence-electron chi connectivity index (χ1n) is 3.99. The number of carboxylic acids is 1. The van der Waals surface area contributed by atoms with Gasteiger partial charge < -0.3 is 5.11 Å². The molecule has 2 nitrogen and oxygen atoms in total. The molecule has 68 valence electrons. The van der Waals surface area contributed by atoms with Crippen LogP contribution in [-0.4, -0.2) is 35.0 Å². The Morgan fingerprint density at radius 1 is 1.18 bits per heavy atom. The molecule has 0 saturated carbocycles. The van der Waals surface area contributed by atoms with Crippen LogP contribution in [-0.2, 0) is 4.79 Å². The molecule has 0 heterocycles. The molecule has 0 rings (SSSR count). The molecular weight excluding hydrogens is 247 g/mol. The number of unbranched alkanes of at least 4 members (excludes halogenated alkanes) is 4. The van der Waals surface area contributed by atoms with Crippen LogP contribution in [0.15, 0.2) is 0 Å². The van der Waals surface area contributed by atoms with Crippen LogP contribution < -0.4 is 0 Å². The van der Waals surface area contributed by atoms with Gasteiger partial charge >= 0.3 is 29.9 Å². The Labute approximate surface area is 85.3 Å². The first-order chi connectivity index (χ1) is 4.77. The standard InChI is InChI=1S/C8H16O2.Sn.4H/c1-2-3-4-5-6-7-8(9)10;;;;;/h2-7H2,1H3,(H,9,10);;;;;. The molecule has 0 unspecified atom stereocenters. The van der Waals surface area contributed by atoms with Gasteiger partial charge in [0.1, 0.15) is 0 Å². The van der Waals surface area contributed by atoms with E-state index in [1.54, 1.807) is 0 Å². The number of rotatable bonds is 6. The quantitative estimate of drug-likeness (QED) is 0.575. The van der Waals surface area contributed by atoms with E-state index < -0.39 is 5.97 Å². The SMILES string of the molecule is CCCCCCCC(=O)O.[SnH4]. The molecule has 11 heavy (non-hydrogen) atoms. The van der Waals surface area contributed by atoms with Gasteiger partial charge in [0.25, 0.3) is 0 Å². The van der Waals surface area contributed by atoms with Crippen molar-refractivity contribution in [2.75, 3.05) is 0 Å². The number of aliphatic carboxylic acids is 1. The Kier molecular flexibility index (Phi) is 12.9. The first kappa shape index (κ1) is 13.8. The zero-order valence-corrected chi connectivity index (χ0v) is 6.60. The van der Waals surface area contributed by atoms with Gasteiger partial charge in [-0.3, -0.25) is 4.79 Å². The van der Waals surface area contributed by atoms with E-state index in [9.17, 15) is 4.79 Å². The molecule has 1 N–H and O–H groups in total. The van der Waals surface area contributed by atoms with Gasteiger partial charge in [-0.15, -0.1) is 0 Å². The summed E-state index contributed by atoms with van der Waals surface area (Å²) >= 11 is 0. The average Bonchev–Trinajstić information content (AvgIpc) is 1.87. The molecule has 0 fully saturated rings. The van der Waals surface area contributed by atoms with Crippen molar-refractivity contribution < 1.29 is 9.90 Å². The molecule has 0 aliphatic carbocycles. The first-order valence-corrected chi connectivity index (χ1v) is 3.99. The fraction of sp³-hybridized carbons (Fsp3) is 0.875. The molecule has 0 bridgehead atoms. The molecule has 0 aromatic rings. The third kappa shape index (κ3) is 13.3. The summed E-state index contributed by atoms with van der Waals surface area (Å²) in [5, 5.41) is 8.27. The Bertz CT molecular complexity index is 94.1. The summed E-state index contributed by atoms with van der Waals surface area (Å²) in [7, 11) is 0. The molecule has 0 aliphatic heterocycles. The van der Waals surface area contributed by atoms with Crippen molar-refractivity contribution in [3.63, 3.8) is 0 Å². The van der Waals surface area contributed by atoms with Gasteiger partial charge in [0, 0.05) is 6.42 Å². The van der Waals surface area contributed by atoms with E-state index in [1.807, 2.05) is 0 Å². The van der Waals surface area contributed by atoms with Gasteiger partial charge in [-0.25, -0.2) is 0 Å². The van der Waals surface area contributed by atoms with Gasteiger partial charge in [0.2, 0.25) is 0 Å². The molecule has 0 saturated heterocycles. The maximum atomic E-state index is 10.0. The minimum absolute atomic E-state index is 0. The molecule has 3 heteroatoms. The van der Waals surface area contributed by atoms with Crippen LogP contribution in [0.1, 0.15) is 45.4 Å². The summed E-state index contributed by atoms with van der Waals surface area (Å²) in [6, 6.07) is 0. The second-order valence-electron chi connectivity index (χ2n) is 2.56. The summed E-state index contributed by atoms with van der Waals surface area (Å²) in [6.45, 7) is 2.15. The fourth-order valence-electron chi connectivity index (χ4n) is 0.880. The van der Waals surface area contributed by atoms with Crippen molar-refractivity contribution in [2.45, 2.75) is 45.4 Å². The van der Waals surface area contributed by atoms with Gasteiger partial charge in [-0.2, -0.15) is 0 Å². The topological polar surface area (TPSA) is 37.3 Å². The Balaban J connectivity index is 0. The van der Waals surface area contributed by atoms with Crippen LogP contribution in [0.3, 0.4) is 0 Å². The molecule has 0 aromatic carbocycles. The molecule has 0 atom stereocenters. The maximum absolute atomic E-state index is 10.0. The number of hydrogen-bond acceptors (Lipinski definition) is 1. The van der Waals surface area contributed by atoms with Crippen LogP contribution >= 0.6 is 0 Å². The Hall–Kier alpha value is 0.269. The van der Waals surface area contributed by atoms with Crippen molar-refractivity contribution in [3.05, 3.63) is 0 Å². The van der Waals surface area contributed by atoms with Crippen molar-refractivity contribution in [1.29, 1.82) is 0 Å². The van der Waals surface area contributed by atoms with Crippen LogP contribution in [0.2, 0.25) is 0 Å². The number of carboxylic acid groups (broad SMARTS) is 1. The normalized spacial score (nSPS) is 8.82. The van der Waals surface area contributed by atoms with Crippen LogP contribution in [0, 0.1) is 0 Å². The van der Waals surface area contributed by atoms with Crippen molar-refractivity contribution in [3.8, 4) is 0 Å². The summed E-state index contributed by atoms with van der Waals surface area (Å²) in [5.74, 6) is -0.670. The van der Waals surface area contributed by atoms with Crippen molar-refractivity contribution >= 4 is 29.9 Å². The Morgan fingerprint density at radius 3 is 2.18 bits per heavy atom. The number of hydrogen-bond donors (Lipinski definition) is 1. The zero-order chi connectivity index (χ0) is 7.82. The van der Waals surface area contributed by atoms with E-state index in [0.717, 1.165) is 12.8 Å². The Morgan fingerprint density at radius 2 is 1.73 bits per heavy atom. The van der Waals surface area contributed by atoms with E-state index >= 15 is 0 Å². The van der Waals surface area contributed by atoms with Gasteiger partial charge in [-0.05, 0) is 6.42 Å². The monoisotopic (exact) mass is 268 g/mol. The summed E-state index contributed by atoms with van der Waals surface area (Å²) < 4.78 is 0. The zero-order valence-electron chi connectivity index (χ0n) is 6.60. The second kappa shape index (κ2) is 10.3. The van der Waals surface area contributed by atoms with Gasteiger partial charge in [0.05, 0.1) is 0 Å². The molecular formula is C8H20O2Sn. The van der Waals surface area contributed by atoms with Gasteiger partial charge in [-0.1, -0.05) is 32.6 Å². The van der Waals surface area contributed by atoms with Gasteiger partial charge in [0.15, 0.2) is 0 Å². The summed E-state index contributed by atoms with van der Waals surface area (Å²) in [4.78, 5) is 10.0. The fourth-order valence-corrected chi connectivity index (χ4v) is 0.880. The van der Waals surface area contributed by atoms with E-state index in [-0.39, 0.29) is 23.9 Å². The summed E-state index contributed by atoms with van der Waals surface area (Å²) in [6.07, 6.45) is 5.88. The predicted molar refractivity (Wildman–Crippen MR) is 52.3 cm³/mol. The molecule has 0 aliphatic rings. The molecule has 0 aromatic heterocycles. The van der Waals surface area contributed by atoms with Crippen LogP contribution in [0.5, 0.6) is 0 Å². The van der Waals surface area contributed by atoms with Crippen molar-refractivity contribution in [2.24, 2.45) is 0 Å². The third-order valence-corrected chi connectivity index (χ3v) is 1.49. The third-order valence-electron chi connectivity index (χ3n) is 1.49. The average molecular weight is 267 g/mol. The van der Waals surface area contributed by atoms with E-state index in [0.29, 0.717) is 6.42 Å². The van der Waals surface area contributed by atoms with E-state index in [4.69, 9.17) is 5.11 Å². The van der Waals surface area contributed by atoms with E-state index in [2.05, 4.69) is 6.92 Å². The molecule has 0 spiro atoms. The predicted octanol–water partition coefficient (Wildman–Crippen LogP) is 0.980. The van der Waals surface area contributed by atoms with Crippen molar-refractivity contribution in [1.82, 2.24) is 0 Å². The van der Waals surface area contributed by atoms with Crippen LogP contribution in [0.25, 0.3) is 0 Å². The number of carbonyl (C=O) groups is 1. The second-order valence-corrected chi connectivity index (χ2v) is 2.56. The van der Waals surface area contributed by atoms with E-state index in [1.165, 1.54) is 19.3 Å². The minimum atomic E-state index is -0.670. The molecule has 0 radical (unpaired) electrons.